The summed E-state index contributed by atoms with van der Waals surface area (Å²) in [6, 6.07) is 11.5. The van der Waals surface area contributed by atoms with Crippen molar-refractivity contribution in [2.24, 2.45) is 0 Å². The van der Waals surface area contributed by atoms with Crippen molar-refractivity contribution in [2.75, 3.05) is 23.8 Å². The lowest BCUT2D eigenvalue weighted by atomic mass is 10.1. The summed E-state index contributed by atoms with van der Waals surface area (Å²) in [5, 5.41) is 12.7. The lowest BCUT2D eigenvalue weighted by Crippen LogP contribution is -2.38. The number of aromatic hydroxyl groups is 1. The van der Waals surface area contributed by atoms with Crippen molar-refractivity contribution < 1.29 is 19.5 Å². The van der Waals surface area contributed by atoms with Crippen LogP contribution in [0.4, 0.5) is 11.4 Å². The molecule has 2 aromatic carbocycles. The van der Waals surface area contributed by atoms with Gasteiger partial charge in [-0.1, -0.05) is 24.8 Å². The fourth-order valence-electron chi connectivity index (χ4n) is 2.93. The van der Waals surface area contributed by atoms with Gasteiger partial charge in [0.15, 0.2) is 0 Å². The Balaban J connectivity index is 1.94. The summed E-state index contributed by atoms with van der Waals surface area (Å²) < 4.78 is 0. The molecular weight excluding hydrogens is 346 g/mol. The maximum atomic E-state index is 13.0. The fourth-order valence-corrected chi connectivity index (χ4v) is 2.93. The molecule has 0 saturated carbocycles. The van der Waals surface area contributed by atoms with Crippen LogP contribution in [0, 0.1) is 0 Å². The summed E-state index contributed by atoms with van der Waals surface area (Å²) in [6.07, 6.45) is 1.11. The third-order valence-corrected chi connectivity index (χ3v) is 4.38. The smallest absolute Gasteiger partial charge is 0.258 e. The van der Waals surface area contributed by atoms with Gasteiger partial charge in [0, 0.05) is 25.0 Å². The number of hydrogen-bond donors (Lipinski definition) is 2. The first-order valence-corrected chi connectivity index (χ1v) is 8.31. The third-order valence-electron chi connectivity index (χ3n) is 4.38. The van der Waals surface area contributed by atoms with Crippen molar-refractivity contribution in [3.8, 4) is 5.75 Å². The van der Waals surface area contributed by atoms with Crippen LogP contribution in [-0.4, -0.2) is 41.3 Å². The molecule has 1 heterocycles. The number of likely N-dealkylation sites (N-methyl/N-ethyl adjacent to an activating group) is 1. The minimum absolute atomic E-state index is 0.00620. The number of benzene rings is 2. The van der Waals surface area contributed by atoms with Crippen LogP contribution >= 0.6 is 0 Å². The van der Waals surface area contributed by atoms with Crippen molar-refractivity contribution in [3.05, 3.63) is 66.2 Å². The number of nitrogens with one attached hydrogen (secondary N) is 1. The molecule has 0 aromatic heterocycles. The lowest BCUT2D eigenvalue weighted by molar-refractivity contribution is -0.119. The fraction of sp³-hybridized carbons (Fsp3) is 0.150. The highest BCUT2D eigenvalue weighted by Crippen LogP contribution is 2.28. The van der Waals surface area contributed by atoms with E-state index in [2.05, 4.69) is 11.9 Å². The van der Waals surface area contributed by atoms with Gasteiger partial charge in [-0.25, -0.2) is 0 Å². The average Bonchev–Trinajstić information content (AvgIpc) is 2.79. The number of amides is 3. The molecule has 7 heteroatoms. The van der Waals surface area contributed by atoms with Gasteiger partial charge < -0.3 is 20.2 Å². The van der Waals surface area contributed by atoms with Gasteiger partial charge >= 0.3 is 0 Å². The molecule has 0 unspecified atom stereocenters. The van der Waals surface area contributed by atoms with Crippen molar-refractivity contribution in [3.63, 3.8) is 0 Å². The molecule has 3 rings (SSSR count). The first kappa shape index (κ1) is 18.2. The quantitative estimate of drug-likeness (QED) is 0.644. The molecule has 1 aliphatic rings. The monoisotopic (exact) mass is 365 g/mol. The van der Waals surface area contributed by atoms with E-state index in [9.17, 15) is 19.5 Å². The highest BCUT2D eigenvalue weighted by Gasteiger charge is 2.28. The number of carbonyl (C=O) groups is 3. The van der Waals surface area contributed by atoms with Crippen LogP contribution < -0.4 is 10.2 Å². The van der Waals surface area contributed by atoms with E-state index in [1.54, 1.807) is 7.05 Å². The van der Waals surface area contributed by atoms with Gasteiger partial charge in [-0.05, 0) is 35.9 Å². The van der Waals surface area contributed by atoms with E-state index in [-0.39, 0.29) is 30.3 Å². The largest absolute Gasteiger partial charge is 0.507 e. The number of hydrogen-bond acceptors (Lipinski definition) is 4. The second-order valence-electron chi connectivity index (χ2n) is 6.17. The Morgan fingerprint density at radius 2 is 1.93 bits per heavy atom. The van der Waals surface area contributed by atoms with E-state index in [1.165, 1.54) is 28.0 Å². The van der Waals surface area contributed by atoms with Crippen LogP contribution in [0.15, 0.2) is 55.1 Å². The zero-order valence-corrected chi connectivity index (χ0v) is 14.8. The van der Waals surface area contributed by atoms with Gasteiger partial charge in [-0.3, -0.25) is 14.4 Å². The van der Waals surface area contributed by atoms with Crippen LogP contribution in [0.1, 0.15) is 15.9 Å². The van der Waals surface area contributed by atoms with Crippen LogP contribution in [0.2, 0.25) is 0 Å². The number of anilines is 2. The van der Waals surface area contributed by atoms with E-state index in [1.807, 2.05) is 24.3 Å². The lowest BCUT2D eigenvalue weighted by Gasteiger charge is -2.21. The molecule has 2 N–H and O–H groups in total. The molecule has 27 heavy (non-hydrogen) atoms. The van der Waals surface area contributed by atoms with Gasteiger partial charge in [0.05, 0.1) is 5.56 Å². The molecule has 0 saturated heterocycles. The van der Waals surface area contributed by atoms with E-state index in [0.717, 1.165) is 17.3 Å². The van der Waals surface area contributed by atoms with Crippen molar-refractivity contribution >= 4 is 29.1 Å². The molecule has 7 nitrogen and oxygen atoms in total. The Hall–Kier alpha value is -3.61. The first-order chi connectivity index (χ1) is 12.9. The predicted molar refractivity (Wildman–Crippen MR) is 102 cm³/mol. The number of fused-ring (bicyclic) bond motifs is 1. The summed E-state index contributed by atoms with van der Waals surface area (Å²) >= 11 is 0. The summed E-state index contributed by atoms with van der Waals surface area (Å²) in [5.74, 6) is -1.39. The number of carbonyl (C=O) groups excluding carboxylic acids is 3. The Morgan fingerprint density at radius 3 is 2.67 bits per heavy atom. The topological polar surface area (TPSA) is 90.0 Å². The van der Waals surface area contributed by atoms with Gasteiger partial charge in [-0.15, -0.1) is 0 Å². The Labute approximate surface area is 156 Å². The van der Waals surface area contributed by atoms with Gasteiger partial charge in [0.1, 0.15) is 12.3 Å². The Morgan fingerprint density at radius 1 is 1.19 bits per heavy atom. The molecule has 0 aliphatic carbocycles. The molecule has 0 radical (unpaired) electrons. The number of nitrogens with zero attached hydrogens (tertiary/aromatic N) is 2. The SMILES string of the molecule is C=CC(=O)Nc1ccc(O)c(C(=O)N2CC(=O)N(C)c3ccccc3C2)c1. The molecular formula is C20H19N3O4. The number of phenols is 1. The minimum atomic E-state index is -0.499. The summed E-state index contributed by atoms with van der Waals surface area (Å²) in [6.45, 7) is 3.49. The van der Waals surface area contributed by atoms with E-state index in [4.69, 9.17) is 0 Å². The van der Waals surface area contributed by atoms with Crippen LogP contribution in [0.3, 0.4) is 0 Å². The zero-order valence-electron chi connectivity index (χ0n) is 14.8. The van der Waals surface area contributed by atoms with E-state index in [0.29, 0.717) is 5.69 Å². The molecule has 1 aliphatic heterocycles. The standard InChI is InChI=1S/C20H19N3O4/c1-3-18(25)21-14-8-9-17(24)15(10-14)20(27)23-11-13-6-4-5-7-16(13)22(2)19(26)12-23/h3-10,24H,1,11-12H2,2H3,(H,21,25). The molecule has 0 fully saturated rings. The normalized spacial score (nSPS) is 13.6. The minimum Gasteiger partial charge on any atom is -0.507 e. The van der Waals surface area contributed by atoms with Gasteiger partial charge in [-0.2, -0.15) is 0 Å². The van der Waals surface area contributed by atoms with E-state index < -0.39 is 11.8 Å². The van der Waals surface area contributed by atoms with Crippen LogP contribution in [0.25, 0.3) is 0 Å². The van der Waals surface area contributed by atoms with Gasteiger partial charge in [0.2, 0.25) is 11.8 Å². The van der Waals surface area contributed by atoms with Crippen molar-refractivity contribution in [1.82, 2.24) is 4.90 Å². The number of phenolic OH excluding ortho intramolecular Hbond substituents is 1. The maximum absolute atomic E-state index is 13.0. The highest BCUT2D eigenvalue weighted by atomic mass is 16.3. The first-order valence-electron chi connectivity index (χ1n) is 8.31. The second-order valence-corrected chi connectivity index (χ2v) is 6.17. The molecule has 138 valence electrons. The summed E-state index contributed by atoms with van der Waals surface area (Å²) in [7, 11) is 1.66. The molecule has 0 bridgehead atoms. The van der Waals surface area contributed by atoms with E-state index >= 15 is 0 Å². The number of para-hydroxylation sites is 1. The summed E-state index contributed by atoms with van der Waals surface area (Å²) in [4.78, 5) is 39.8. The molecule has 0 atom stereocenters. The van der Waals surface area contributed by atoms with Gasteiger partial charge in [0.25, 0.3) is 5.91 Å². The average molecular weight is 365 g/mol. The predicted octanol–water partition coefficient (Wildman–Crippen LogP) is 2.14. The van der Waals surface area contributed by atoms with Crippen LogP contribution in [-0.2, 0) is 16.1 Å². The van der Waals surface area contributed by atoms with Crippen LogP contribution in [0.5, 0.6) is 5.75 Å². The maximum Gasteiger partial charge on any atom is 0.258 e. The van der Waals surface area contributed by atoms with Crippen molar-refractivity contribution in [1.29, 1.82) is 0 Å². The molecule has 2 aromatic rings. The molecule has 0 spiro atoms. The Bertz CT molecular complexity index is 939. The number of rotatable bonds is 3. The second kappa shape index (κ2) is 7.33. The third kappa shape index (κ3) is 3.67. The summed E-state index contributed by atoms with van der Waals surface area (Å²) in [5.41, 5.74) is 1.93. The highest BCUT2D eigenvalue weighted by molar-refractivity contribution is 6.04. The zero-order chi connectivity index (χ0) is 19.6. The van der Waals surface area contributed by atoms with Crippen molar-refractivity contribution in [2.45, 2.75) is 6.54 Å². The Kier molecular flexibility index (Phi) is 4.94. The molecule has 3 amide bonds.